The van der Waals surface area contributed by atoms with Gasteiger partial charge >= 0.3 is 0 Å². The van der Waals surface area contributed by atoms with E-state index in [1.165, 1.54) is 0 Å². The van der Waals surface area contributed by atoms with Crippen molar-refractivity contribution in [1.29, 1.82) is 0 Å². The molecule has 2 N–H and O–H groups in total. The molecule has 0 atom stereocenters. The van der Waals surface area contributed by atoms with Crippen LogP contribution >= 0.6 is 0 Å². The van der Waals surface area contributed by atoms with E-state index in [0.29, 0.717) is 13.1 Å². The van der Waals surface area contributed by atoms with Crippen molar-refractivity contribution in [3.05, 3.63) is 36.4 Å². The zero-order chi connectivity index (χ0) is 14.8. The van der Waals surface area contributed by atoms with Gasteiger partial charge in [0.25, 0.3) is 0 Å². The van der Waals surface area contributed by atoms with Crippen LogP contribution in [0.4, 0.5) is 0 Å². The van der Waals surface area contributed by atoms with E-state index in [2.05, 4.69) is 22.2 Å². The molecular weight excluding hydrogens is 254 g/mol. The van der Waals surface area contributed by atoms with Crippen LogP contribution in [-0.4, -0.2) is 33.3 Å². The highest BCUT2D eigenvalue weighted by Crippen LogP contribution is 2.24. The Bertz CT molecular complexity index is 458. The molecule has 0 aliphatic heterocycles. The minimum Gasteiger partial charge on any atom is -0.497 e. The lowest BCUT2D eigenvalue weighted by molar-refractivity contribution is 0.391. The van der Waals surface area contributed by atoms with E-state index in [4.69, 9.17) is 9.47 Å². The fourth-order valence-electron chi connectivity index (χ4n) is 1.66. The van der Waals surface area contributed by atoms with Crippen LogP contribution in [0.5, 0.6) is 11.5 Å². The van der Waals surface area contributed by atoms with Gasteiger partial charge in [0.2, 0.25) is 0 Å². The molecule has 0 unspecified atom stereocenters. The molecule has 0 heterocycles. The Morgan fingerprint density at radius 1 is 1.30 bits per heavy atom. The summed E-state index contributed by atoms with van der Waals surface area (Å²) >= 11 is 0. The van der Waals surface area contributed by atoms with Crippen LogP contribution in [0.15, 0.2) is 35.8 Å². The molecule has 0 spiro atoms. The minimum absolute atomic E-state index is 0.527. The number of hydrogen-bond donors (Lipinski definition) is 2. The van der Waals surface area contributed by atoms with E-state index < -0.39 is 0 Å². The highest BCUT2D eigenvalue weighted by Gasteiger charge is 2.05. The quantitative estimate of drug-likeness (QED) is 0.454. The number of ether oxygens (including phenoxy) is 2. The highest BCUT2D eigenvalue weighted by atomic mass is 16.5. The predicted molar refractivity (Wildman–Crippen MR) is 82.6 cm³/mol. The van der Waals surface area contributed by atoms with Crippen molar-refractivity contribution >= 4 is 5.96 Å². The molecule has 5 nitrogen and oxygen atoms in total. The summed E-state index contributed by atoms with van der Waals surface area (Å²) in [7, 11) is 3.28. The van der Waals surface area contributed by atoms with Crippen molar-refractivity contribution in [1.82, 2.24) is 10.6 Å². The van der Waals surface area contributed by atoms with Crippen LogP contribution in [0.1, 0.15) is 12.5 Å². The second kappa shape index (κ2) is 8.85. The summed E-state index contributed by atoms with van der Waals surface area (Å²) in [5.74, 6) is 2.30. The van der Waals surface area contributed by atoms with E-state index in [1.807, 2.05) is 25.1 Å². The summed E-state index contributed by atoms with van der Waals surface area (Å²) in [4.78, 5) is 4.51. The number of nitrogens with one attached hydrogen (secondary N) is 2. The third-order valence-corrected chi connectivity index (χ3v) is 2.66. The number of aliphatic imine (C=N–C) groups is 1. The Kier molecular flexibility index (Phi) is 7.03. The van der Waals surface area contributed by atoms with Crippen LogP contribution in [0.3, 0.4) is 0 Å². The molecule has 0 aromatic heterocycles. The molecule has 0 aliphatic carbocycles. The molecule has 20 heavy (non-hydrogen) atoms. The normalized spacial score (nSPS) is 10.8. The molecule has 0 amide bonds. The van der Waals surface area contributed by atoms with Crippen molar-refractivity contribution in [2.75, 3.05) is 27.3 Å². The summed E-state index contributed by atoms with van der Waals surface area (Å²) in [5.41, 5.74) is 1.00. The largest absolute Gasteiger partial charge is 0.497 e. The number of guanidine groups is 1. The zero-order valence-electron chi connectivity index (χ0n) is 12.4. The molecule has 0 aliphatic rings. The third-order valence-electron chi connectivity index (χ3n) is 2.66. The Labute approximate surface area is 120 Å². The first-order valence-corrected chi connectivity index (χ1v) is 6.59. The Morgan fingerprint density at radius 2 is 2.10 bits per heavy atom. The van der Waals surface area contributed by atoms with E-state index in [9.17, 15) is 0 Å². The number of rotatable bonds is 7. The fourth-order valence-corrected chi connectivity index (χ4v) is 1.66. The van der Waals surface area contributed by atoms with Gasteiger partial charge < -0.3 is 20.1 Å². The fraction of sp³-hybridized carbons (Fsp3) is 0.400. The van der Waals surface area contributed by atoms with Gasteiger partial charge in [0.15, 0.2) is 5.96 Å². The van der Waals surface area contributed by atoms with Gasteiger partial charge in [-0.25, -0.2) is 4.99 Å². The summed E-state index contributed by atoms with van der Waals surface area (Å²) in [6.45, 7) is 7.71. The summed E-state index contributed by atoms with van der Waals surface area (Å²) in [6, 6.07) is 5.71. The van der Waals surface area contributed by atoms with Crippen molar-refractivity contribution in [2.24, 2.45) is 4.99 Å². The molecule has 5 heteroatoms. The second-order valence-corrected chi connectivity index (χ2v) is 4.04. The van der Waals surface area contributed by atoms with E-state index in [-0.39, 0.29) is 0 Å². The second-order valence-electron chi connectivity index (χ2n) is 4.04. The number of benzene rings is 1. The SMILES string of the molecule is C=CCNC(=NCc1ccc(OC)cc1OC)NCC. The van der Waals surface area contributed by atoms with E-state index in [0.717, 1.165) is 29.6 Å². The topological polar surface area (TPSA) is 54.9 Å². The summed E-state index contributed by atoms with van der Waals surface area (Å²) < 4.78 is 10.5. The molecule has 1 aromatic rings. The first-order valence-electron chi connectivity index (χ1n) is 6.59. The van der Waals surface area contributed by atoms with E-state index >= 15 is 0 Å². The minimum atomic E-state index is 0.527. The molecule has 1 aromatic carbocycles. The smallest absolute Gasteiger partial charge is 0.191 e. The standard InChI is InChI=1S/C15H23N3O2/c1-5-9-17-15(16-6-2)18-11-12-7-8-13(19-3)10-14(12)20-4/h5,7-8,10H,1,6,9,11H2,2-4H3,(H2,16,17,18). The van der Waals surface area contributed by atoms with Crippen LogP contribution in [0, 0.1) is 0 Å². The monoisotopic (exact) mass is 277 g/mol. The maximum Gasteiger partial charge on any atom is 0.191 e. The highest BCUT2D eigenvalue weighted by molar-refractivity contribution is 5.79. The van der Waals surface area contributed by atoms with Gasteiger partial charge in [0.1, 0.15) is 11.5 Å². The average Bonchev–Trinajstić information content (AvgIpc) is 2.49. The van der Waals surface area contributed by atoms with E-state index in [1.54, 1.807) is 20.3 Å². The maximum atomic E-state index is 5.35. The maximum absolute atomic E-state index is 5.35. The average molecular weight is 277 g/mol. The van der Waals surface area contributed by atoms with Gasteiger partial charge in [-0.3, -0.25) is 0 Å². The Balaban J connectivity index is 2.81. The van der Waals surface area contributed by atoms with Crippen LogP contribution in [-0.2, 0) is 6.54 Å². The van der Waals surface area contributed by atoms with Crippen molar-refractivity contribution in [2.45, 2.75) is 13.5 Å². The Hall–Kier alpha value is -2.17. The summed E-state index contributed by atoms with van der Waals surface area (Å²) in [5, 5.41) is 6.33. The lowest BCUT2D eigenvalue weighted by Gasteiger charge is -2.11. The van der Waals surface area contributed by atoms with Gasteiger partial charge in [0, 0.05) is 24.7 Å². The third kappa shape index (κ3) is 4.84. The molecule has 0 bridgehead atoms. The predicted octanol–water partition coefficient (Wildman–Crippen LogP) is 1.94. The molecular formula is C15H23N3O2. The lowest BCUT2D eigenvalue weighted by atomic mass is 10.2. The molecule has 110 valence electrons. The van der Waals surface area contributed by atoms with Crippen molar-refractivity contribution in [3.63, 3.8) is 0 Å². The number of nitrogens with zero attached hydrogens (tertiary/aromatic N) is 1. The van der Waals surface area contributed by atoms with Crippen molar-refractivity contribution < 1.29 is 9.47 Å². The van der Waals surface area contributed by atoms with Crippen LogP contribution in [0.25, 0.3) is 0 Å². The molecule has 0 saturated carbocycles. The Morgan fingerprint density at radius 3 is 2.70 bits per heavy atom. The number of methoxy groups -OCH3 is 2. The van der Waals surface area contributed by atoms with Gasteiger partial charge in [-0.15, -0.1) is 6.58 Å². The van der Waals surface area contributed by atoms with Crippen LogP contribution in [0.2, 0.25) is 0 Å². The van der Waals surface area contributed by atoms with Gasteiger partial charge in [-0.1, -0.05) is 6.08 Å². The number of hydrogen-bond acceptors (Lipinski definition) is 3. The van der Waals surface area contributed by atoms with Gasteiger partial charge in [0.05, 0.1) is 20.8 Å². The van der Waals surface area contributed by atoms with Crippen molar-refractivity contribution in [3.8, 4) is 11.5 Å². The van der Waals surface area contributed by atoms with Crippen LogP contribution < -0.4 is 20.1 Å². The zero-order valence-corrected chi connectivity index (χ0v) is 12.4. The van der Waals surface area contributed by atoms with Gasteiger partial charge in [-0.05, 0) is 19.1 Å². The first-order chi connectivity index (χ1) is 9.74. The summed E-state index contributed by atoms with van der Waals surface area (Å²) in [6.07, 6.45) is 1.79. The molecule has 0 fully saturated rings. The molecule has 1 rings (SSSR count). The first kappa shape index (κ1) is 15.9. The molecule has 0 radical (unpaired) electrons. The molecule has 0 saturated heterocycles. The lowest BCUT2D eigenvalue weighted by Crippen LogP contribution is -2.37. The van der Waals surface area contributed by atoms with Gasteiger partial charge in [-0.2, -0.15) is 0 Å².